The van der Waals surface area contributed by atoms with Crippen LogP contribution in [0, 0.1) is 4.77 Å². The van der Waals surface area contributed by atoms with Crippen molar-refractivity contribution in [3.05, 3.63) is 55.9 Å². The molecule has 0 aliphatic heterocycles. The van der Waals surface area contributed by atoms with E-state index in [0.29, 0.717) is 16.0 Å². The minimum Gasteiger partial charge on any atom is -0.290 e. The normalized spacial score (nSPS) is 11.1. The molecule has 3 nitrogen and oxygen atoms in total. The van der Waals surface area contributed by atoms with Crippen LogP contribution in [0.1, 0.15) is 5.56 Å². The first-order valence-electron chi connectivity index (χ1n) is 5.63. The van der Waals surface area contributed by atoms with Crippen LogP contribution in [-0.2, 0) is 6.54 Å². The maximum absolute atomic E-state index is 5.23. The molecule has 0 saturated carbocycles. The van der Waals surface area contributed by atoms with Crippen molar-refractivity contribution in [2.24, 2.45) is 0 Å². The van der Waals surface area contributed by atoms with Gasteiger partial charge in [0.15, 0.2) is 9.50 Å². The van der Waals surface area contributed by atoms with E-state index in [1.807, 2.05) is 16.7 Å². The Bertz CT molecular complexity index is 807. The largest absolute Gasteiger partial charge is 0.290 e. The summed E-state index contributed by atoms with van der Waals surface area (Å²) in [6.45, 7) is 0.684. The van der Waals surface area contributed by atoms with Crippen molar-refractivity contribution in [2.45, 2.75) is 6.54 Å². The highest BCUT2D eigenvalue weighted by molar-refractivity contribution is 9.10. The fourth-order valence-electron chi connectivity index (χ4n) is 2.07. The van der Waals surface area contributed by atoms with Gasteiger partial charge >= 0.3 is 0 Å². The van der Waals surface area contributed by atoms with Crippen LogP contribution in [0.5, 0.6) is 0 Å². The van der Waals surface area contributed by atoms with E-state index in [0.717, 1.165) is 4.47 Å². The summed E-state index contributed by atoms with van der Waals surface area (Å²) < 4.78 is 4.34. The number of fused-ring (bicyclic) bond motifs is 1. The summed E-state index contributed by atoms with van der Waals surface area (Å²) in [6, 6.07) is 12.5. The standard InChI is InChI=1S/C13H9Br2N3S/c14-11-6-5-8(9-3-1-2-4-10(9)11)7-18-12(15)16-17-13(18)19/h1-6H,7H2,(H,17,19). The van der Waals surface area contributed by atoms with Crippen LogP contribution < -0.4 is 0 Å². The Morgan fingerprint density at radius 2 is 1.84 bits per heavy atom. The second-order valence-corrected chi connectivity index (χ2v) is 6.09. The summed E-state index contributed by atoms with van der Waals surface area (Å²) in [5.41, 5.74) is 1.21. The predicted molar refractivity (Wildman–Crippen MR) is 85.9 cm³/mol. The topological polar surface area (TPSA) is 33.6 Å². The number of H-pyrrole nitrogens is 1. The van der Waals surface area contributed by atoms with E-state index in [4.69, 9.17) is 12.2 Å². The zero-order valence-electron chi connectivity index (χ0n) is 9.73. The first-order valence-corrected chi connectivity index (χ1v) is 7.63. The third-order valence-electron chi connectivity index (χ3n) is 3.00. The van der Waals surface area contributed by atoms with E-state index >= 15 is 0 Å². The lowest BCUT2D eigenvalue weighted by Crippen LogP contribution is -2.01. The molecule has 0 bridgehead atoms. The number of aromatic nitrogens is 3. The second kappa shape index (κ2) is 5.19. The molecule has 2 aromatic carbocycles. The van der Waals surface area contributed by atoms with Crippen LogP contribution in [0.15, 0.2) is 45.6 Å². The number of hydrogen-bond donors (Lipinski definition) is 1. The molecule has 1 N–H and O–H groups in total. The van der Waals surface area contributed by atoms with Crippen LogP contribution in [0.4, 0.5) is 0 Å². The zero-order valence-corrected chi connectivity index (χ0v) is 13.7. The number of halogens is 2. The molecule has 0 unspecified atom stereocenters. The highest BCUT2D eigenvalue weighted by Gasteiger charge is 2.08. The van der Waals surface area contributed by atoms with Gasteiger partial charge in [-0.15, -0.1) is 5.10 Å². The van der Waals surface area contributed by atoms with Crippen LogP contribution in [0.25, 0.3) is 10.8 Å². The predicted octanol–water partition coefficient (Wildman–Crippen LogP) is 4.67. The van der Waals surface area contributed by atoms with E-state index in [1.165, 1.54) is 16.3 Å². The number of nitrogens with zero attached hydrogens (tertiary/aromatic N) is 2. The van der Waals surface area contributed by atoms with Gasteiger partial charge in [0.25, 0.3) is 0 Å². The Morgan fingerprint density at radius 3 is 2.53 bits per heavy atom. The van der Waals surface area contributed by atoms with Crippen molar-refractivity contribution in [3.63, 3.8) is 0 Å². The molecule has 0 saturated heterocycles. The molecular weight excluding hydrogens is 390 g/mol. The number of nitrogens with one attached hydrogen (secondary N) is 1. The van der Waals surface area contributed by atoms with Gasteiger partial charge in [0.05, 0.1) is 6.54 Å². The van der Waals surface area contributed by atoms with Crippen LogP contribution >= 0.6 is 44.1 Å². The molecule has 3 aromatic rings. The summed E-state index contributed by atoms with van der Waals surface area (Å²) in [5, 5.41) is 9.25. The van der Waals surface area contributed by atoms with E-state index in [-0.39, 0.29) is 0 Å². The lowest BCUT2D eigenvalue weighted by Gasteiger charge is -2.09. The molecule has 0 fully saturated rings. The van der Waals surface area contributed by atoms with Crippen molar-refractivity contribution in [1.82, 2.24) is 14.8 Å². The summed E-state index contributed by atoms with van der Waals surface area (Å²) >= 11 is 12.2. The first-order chi connectivity index (χ1) is 9.16. The molecule has 0 aliphatic carbocycles. The molecule has 1 heterocycles. The Balaban J connectivity index is 2.17. The third-order valence-corrected chi connectivity index (χ3v) is 4.61. The lowest BCUT2D eigenvalue weighted by molar-refractivity contribution is 0.767. The maximum atomic E-state index is 5.23. The van der Waals surface area contributed by atoms with Gasteiger partial charge in [-0.2, -0.15) is 0 Å². The van der Waals surface area contributed by atoms with Gasteiger partial charge < -0.3 is 0 Å². The maximum Gasteiger partial charge on any atom is 0.198 e. The van der Waals surface area contributed by atoms with E-state index in [1.54, 1.807) is 0 Å². The Kier molecular flexibility index (Phi) is 3.56. The van der Waals surface area contributed by atoms with Gasteiger partial charge in [-0.3, -0.25) is 9.67 Å². The fraction of sp³-hybridized carbons (Fsp3) is 0.0769. The molecule has 0 amide bonds. The van der Waals surface area contributed by atoms with Gasteiger partial charge in [-0.05, 0) is 50.6 Å². The van der Waals surface area contributed by atoms with E-state index < -0.39 is 0 Å². The summed E-state index contributed by atoms with van der Waals surface area (Å²) in [7, 11) is 0. The van der Waals surface area contributed by atoms with Crippen molar-refractivity contribution in [2.75, 3.05) is 0 Å². The summed E-state index contributed by atoms with van der Waals surface area (Å²) in [6.07, 6.45) is 0. The number of benzene rings is 2. The molecule has 96 valence electrons. The molecular formula is C13H9Br2N3S. The molecule has 0 spiro atoms. The smallest absolute Gasteiger partial charge is 0.198 e. The molecule has 0 atom stereocenters. The van der Waals surface area contributed by atoms with Crippen molar-refractivity contribution in [3.8, 4) is 0 Å². The van der Waals surface area contributed by atoms with E-state index in [2.05, 4.69) is 66.3 Å². The van der Waals surface area contributed by atoms with Crippen molar-refractivity contribution >= 4 is 54.9 Å². The Morgan fingerprint density at radius 1 is 1.11 bits per heavy atom. The molecule has 19 heavy (non-hydrogen) atoms. The monoisotopic (exact) mass is 397 g/mol. The fourth-order valence-corrected chi connectivity index (χ4v) is 3.25. The highest BCUT2D eigenvalue weighted by atomic mass is 79.9. The number of hydrogen-bond acceptors (Lipinski definition) is 2. The molecule has 0 radical (unpaired) electrons. The van der Waals surface area contributed by atoms with Gasteiger partial charge in [-0.1, -0.05) is 46.3 Å². The second-order valence-electron chi connectivity index (χ2n) is 4.14. The Hall–Kier alpha value is -0.980. The quantitative estimate of drug-likeness (QED) is 0.636. The number of aromatic amines is 1. The zero-order chi connectivity index (χ0) is 13.4. The molecule has 6 heteroatoms. The van der Waals surface area contributed by atoms with E-state index in [9.17, 15) is 0 Å². The van der Waals surface area contributed by atoms with Gasteiger partial charge in [0, 0.05) is 4.47 Å². The SMILES string of the molecule is S=c1[nH]nc(Br)n1Cc1ccc(Br)c2ccccc12. The minimum absolute atomic E-state index is 0.610. The summed E-state index contributed by atoms with van der Waals surface area (Å²) in [4.78, 5) is 0. The van der Waals surface area contributed by atoms with Gasteiger partial charge in [0.1, 0.15) is 0 Å². The van der Waals surface area contributed by atoms with Crippen molar-refractivity contribution in [1.29, 1.82) is 0 Å². The van der Waals surface area contributed by atoms with Crippen LogP contribution in [0.3, 0.4) is 0 Å². The first kappa shape index (κ1) is 13.0. The van der Waals surface area contributed by atoms with Gasteiger partial charge in [-0.25, -0.2) is 0 Å². The third kappa shape index (κ3) is 2.40. The van der Waals surface area contributed by atoms with Gasteiger partial charge in [0.2, 0.25) is 0 Å². The molecule has 3 rings (SSSR count). The number of rotatable bonds is 2. The molecule has 0 aliphatic rings. The highest BCUT2D eigenvalue weighted by Crippen LogP contribution is 2.27. The average Bonchev–Trinajstić information content (AvgIpc) is 2.74. The van der Waals surface area contributed by atoms with Crippen LogP contribution in [0.2, 0.25) is 0 Å². The van der Waals surface area contributed by atoms with Crippen LogP contribution in [-0.4, -0.2) is 14.8 Å². The van der Waals surface area contributed by atoms with Crippen molar-refractivity contribution < 1.29 is 0 Å². The molecule has 1 aromatic heterocycles. The average molecular weight is 399 g/mol. The Labute approximate surface area is 131 Å². The lowest BCUT2D eigenvalue weighted by atomic mass is 10.0. The summed E-state index contributed by atoms with van der Waals surface area (Å²) in [5.74, 6) is 0. The minimum atomic E-state index is 0.610.